The molecule has 162 valence electrons. The molecular formula is C33H20N2. The van der Waals surface area contributed by atoms with Gasteiger partial charge >= 0.3 is 0 Å². The van der Waals surface area contributed by atoms with Gasteiger partial charge in [-0.1, -0.05) is 78.9 Å². The summed E-state index contributed by atoms with van der Waals surface area (Å²) in [5.41, 5.74) is 3.88. The third-order valence-electron chi connectivity index (χ3n) is 6.97. The van der Waals surface area contributed by atoms with Crippen LogP contribution in [-0.4, -0.2) is 0 Å². The molecule has 7 rings (SSSR count). The number of hydrogen-bond acceptors (Lipinski definition) is 2. The van der Waals surface area contributed by atoms with Crippen molar-refractivity contribution in [2.45, 2.75) is 0 Å². The molecule has 0 unspecified atom stereocenters. The molecule has 0 spiro atoms. The minimum absolute atomic E-state index is 0.655. The lowest BCUT2D eigenvalue weighted by molar-refractivity contribution is 1.30. The molecule has 0 aromatic heterocycles. The molecule has 0 bridgehead atoms. The number of fused-ring (bicyclic) bond motifs is 1. The number of benzene rings is 7. The summed E-state index contributed by atoms with van der Waals surface area (Å²) in [5.74, 6) is 0. The van der Waals surface area contributed by atoms with Crippen molar-refractivity contribution in [2.24, 2.45) is 0 Å². The number of anilines is 3. The molecule has 0 fully saturated rings. The van der Waals surface area contributed by atoms with E-state index in [9.17, 15) is 5.26 Å². The predicted octanol–water partition coefficient (Wildman–Crippen LogP) is 9.08. The monoisotopic (exact) mass is 444 g/mol. The quantitative estimate of drug-likeness (QED) is 0.254. The number of nitrogens with zero attached hydrogens (tertiary/aromatic N) is 2. The Labute approximate surface area is 203 Å². The Balaban J connectivity index is 1.54. The van der Waals surface area contributed by atoms with Crippen LogP contribution < -0.4 is 4.90 Å². The zero-order valence-electron chi connectivity index (χ0n) is 18.9. The summed E-state index contributed by atoms with van der Waals surface area (Å²) < 4.78 is 0. The standard InChI is InChI=1S/C33H20N2/c34-21-22-11-17-28(18-12-22)35(31-10-4-6-23-5-1-2-9-30(23)31)29-19-26-15-13-24-7-3-8-25-14-16-27(20-29)33(26)32(24)25/h1-20H. The van der Waals surface area contributed by atoms with Crippen molar-refractivity contribution in [2.75, 3.05) is 4.90 Å². The number of hydrogen-bond donors (Lipinski definition) is 0. The van der Waals surface area contributed by atoms with Gasteiger partial charge in [0.1, 0.15) is 0 Å². The van der Waals surface area contributed by atoms with Crippen LogP contribution in [-0.2, 0) is 0 Å². The third-order valence-corrected chi connectivity index (χ3v) is 6.97. The first kappa shape index (κ1) is 19.6. The molecule has 0 atom stereocenters. The summed E-state index contributed by atoms with van der Waals surface area (Å²) in [5, 5.41) is 19.3. The van der Waals surface area contributed by atoms with E-state index in [4.69, 9.17) is 0 Å². The SMILES string of the molecule is N#Cc1ccc(N(c2cc3ccc4cccc5ccc(c2)c3c45)c2cccc3ccccc23)cc1. The molecule has 0 aliphatic rings. The molecule has 0 aliphatic heterocycles. The molecular weight excluding hydrogens is 424 g/mol. The third kappa shape index (κ3) is 3.03. The van der Waals surface area contributed by atoms with Crippen LogP contribution in [0.15, 0.2) is 121 Å². The van der Waals surface area contributed by atoms with Crippen LogP contribution in [0.3, 0.4) is 0 Å². The number of nitriles is 1. The fourth-order valence-corrected chi connectivity index (χ4v) is 5.38. The van der Waals surface area contributed by atoms with Crippen molar-refractivity contribution in [3.05, 3.63) is 127 Å². The largest absolute Gasteiger partial charge is 0.310 e. The van der Waals surface area contributed by atoms with Crippen LogP contribution in [0, 0.1) is 11.3 Å². The van der Waals surface area contributed by atoms with Crippen LogP contribution >= 0.6 is 0 Å². The highest BCUT2D eigenvalue weighted by Gasteiger charge is 2.18. The Morgan fingerprint density at radius 1 is 0.486 bits per heavy atom. The van der Waals surface area contributed by atoms with Gasteiger partial charge in [-0.25, -0.2) is 0 Å². The van der Waals surface area contributed by atoms with Gasteiger partial charge < -0.3 is 4.90 Å². The minimum atomic E-state index is 0.655. The second-order valence-electron chi connectivity index (χ2n) is 8.97. The molecule has 2 nitrogen and oxygen atoms in total. The second kappa shape index (κ2) is 7.58. The van der Waals surface area contributed by atoms with E-state index in [0.717, 1.165) is 17.1 Å². The van der Waals surface area contributed by atoms with Gasteiger partial charge in [0, 0.05) is 16.8 Å². The first-order chi connectivity index (χ1) is 17.3. The molecule has 0 saturated heterocycles. The molecule has 0 saturated carbocycles. The van der Waals surface area contributed by atoms with Gasteiger partial charge in [0.15, 0.2) is 0 Å². The fourth-order valence-electron chi connectivity index (χ4n) is 5.38. The Hall–Kier alpha value is -4.87. The summed E-state index contributed by atoms with van der Waals surface area (Å²) in [6.45, 7) is 0. The van der Waals surface area contributed by atoms with Gasteiger partial charge in [0.25, 0.3) is 0 Å². The van der Waals surface area contributed by atoms with E-state index in [2.05, 4.69) is 108 Å². The maximum Gasteiger partial charge on any atom is 0.0991 e. The van der Waals surface area contributed by atoms with Crippen molar-refractivity contribution >= 4 is 60.2 Å². The fraction of sp³-hybridized carbons (Fsp3) is 0. The maximum atomic E-state index is 9.35. The van der Waals surface area contributed by atoms with Crippen LogP contribution in [0.4, 0.5) is 17.1 Å². The van der Waals surface area contributed by atoms with Crippen molar-refractivity contribution in [1.29, 1.82) is 5.26 Å². The highest BCUT2D eigenvalue weighted by Crippen LogP contribution is 2.43. The molecule has 7 aromatic rings. The molecule has 0 radical (unpaired) electrons. The van der Waals surface area contributed by atoms with Gasteiger partial charge in [0.05, 0.1) is 17.3 Å². The van der Waals surface area contributed by atoms with Gasteiger partial charge in [-0.2, -0.15) is 5.26 Å². The summed E-state index contributed by atoms with van der Waals surface area (Å²) in [6, 6.07) is 45.0. The molecule has 0 N–H and O–H groups in total. The van der Waals surface area contributed by atoms with Gasteiger partial charge in [-0.3, -0.25) is 0 Å². The van der Waals surface area contributed by atoms with Gasteiger partial charge in [-0.05, 0) is 80.2 Å². The zero-order valence-corrected chi connectivity index (χ0v) is 18.9. The predicted molar refractivity (Wildman–Crippen MR) is 147 cm³/mol. The Morgan fingerprint density at radius 2 is 1.06 bits per heavy atom. The topological polar surface area (TPSA) is 27.0 Å². The van der Waals surface area contributed by atoms with Crippen LogP contribution in [0.25, 0.3) is 43.1 Å². The molecule has 0 heterocycles. The average Bonchev–Trinajstić information content (AvgIpc) is 2.92. The molecule has 0 amide bonds. The van der Waals surface area contributed by atoms with Crippen molar-refractivity contribution in [3.8, 4) is 6.07 Å². The van der Waals surface area contributed by atoms with Crippen LogP contribution in [0.1, 0.15) is 5.56 Å². The Kier molecular flexibility index (Phi) is 4.24. The average molecular weight is 445 g/mol. The molecule has 35 heavy (non-hydrogen) atoms. The Bertz CT molecular complexity index is 1840. The van der Waals surface area contributed by atoms with Crippen LogP contribution in [0.5, 0.6) is 0 Å². The number of rotatable bonds is 3. The second-order valence-corrected chi connectivity index (χ2v) is 8.97. The van der Waals surface area contributed by atoms with E-state index < -0.39 is 0 Å². The summed E-state index contributed by atoms with van der Waals surface area (Å²) >= 11 is 0. The van der Waals surface area contributed by atoms with E-state index in [1.807, 2.05) is 24.3 Å². The van der Waals surface area contributed by atoms with E-state index in [-0.39, 0.29) is 0 Å². The van der Waals surface area contributed by atoms with E-state index in [0.29, 0.717) is 5.56 Å². The lowest BCUT2D eigenvalue weighted by atomic mass is 9.93. The minimum Gasteiger partial charge on any atom is -0.310 e. The van der Waals surface area contributed by atoms with Gasteiger partial charge in [-0.15, -0.1) is 0 Å². The maximum absolute atomic E-state index is 9.35. The normalized spacial score (nSPS) is 11.4. The molecule has 2 heteroatoms. The lowest BCUT2D eigenvalue weighted by Crippen LogP contribution is -2.10. The van der Waals surface area contributed by atoms with Crippen LogP contribution in [0.2, 0.25) is 0 Å². The van der Waals surface area contributed by atoms with E-state index in [1.54, 1.807) is 0 Å². The molecule has 0 aliphatic carbocycles. The van der Waals surface area contributed by atoms with E-state index in [1.165, 1.54) is 43.1 Å². The lowest BCUT2D eigenvalue weighted by Gasteiger charge is -2.28. The van der Waals surface area contributed by atoms with Crippen molar-refractivity contribution < 1.29 is 0 Å². The first-order valence-electron chi connectivity index (χ1n) is 11.8. The van der Waals surface area contributed by atoms with E-state index >= 15 is 0 Å². The highest BCUT2D eigenvalue weighted by molar-refractivity contribution is 6.24. The first-order valence-corrected chi connectivity index (χ1v) is 11.8. The molecule has 7 aromatic carbocycles. The Morgan fingerprint density at radius 3 is 1.77 bits per heavy atom. The van der Waals surface area contributed by atoms with Crippen molar-refractivity contribution in [3.63, 3.8) is 0 Å². The highest BCUT2D eigenvalue weighted by atomic mass is 15.1. The smallest absolute Gasteiger partial charge is 0.0991 e. The zero-order chi connectivity index (χ0) is 23.4. The summed E-state index contributed by atoms with van der Waals surface area (Å²) in [4.78, 5) is 2.30. The summed E-state index contributed by atoms with van der Waals surface area (Å²) in [7, 11) is 0. The summed E-state index contributed by atoms with van der Waals surface area (Å²) in [6.07, 6.45) is 0. The van der Waals surface area contributed by atoms with Crippen molar-refractivity contribution in [1.82, 2.24) is 0 Å². The van der Waals surface area contributed by atoms with Gasteiger partial charge in [0.2, 0.25) is 0 Å².